The van der Waals surface area contributed by atoms with Gasteiger partial charge in [0, 0.05) is 36.4 Å². The molecule has 3 aromatic rings. The molecule has 31 heavy (non-hydrogen) atoms. The molecule has 0 aliphatic carbocycles. The molecule has 0 spiro atoms. The molecule has 5 rings (SSSR count). The van der Waals surface area contributed by atoms with Gasteiger partial charge in [-0.1, -0.05) is 18.2 Å². The molecule has 1 saturated heterocycles. The lowest BCUT2D eigenvalue weighted by Crippen LogP contribution is -2.49. The number of hydrogen-bond acceptors (Lipinski definition) is 4. The summed E-state index contributed by atoms with van der Waals surface area (Å²) < 4.78 is 0. The van der Waals surface area contributed by atoms with Gasteiger partial charge in [-0.25, -0.2) is 9.69 Å². The van der Waals surface area contributed by atoms with Gasteiger partial charge in [-0.05, 0) is 49.6 Å². The number of aromatic nitrogens is 2. The molecule has 1 aromatic carbocycles. The van der Waals surface area contributed by atoms with E-state index in [0.717, 1.165) is 32.6 Å². The van der Waals surface area contributed by atoms with Crippen molar-refractivity contribution in [3.8, 4) is 0 Å². The van der Waals surface area contributed by atoms with Crippen molar-refractivity contribution in [1.29, 1.82) is 0 Å². The number of para-hydroxylation sites is 1. The number of fused-ring (bicyclic) bond motifs is 5. The maximum Gasteiger partial charge on any atom is 0.328 e. The monoisotopic (exact) mass is 417 g/mol. The highest BCUT2D eigenvalue weighted by molar-refractivity contribution is 6.10. The average molecular weight is 417 g/mol. The second-order valence-corrected chi connectivity index (χ2v) is 8.20. The molecule has 8 heteroatoms. The second kappa shape index (κ2) is 6.94. The molecule has 2 aromatic heterocycles. The summed E-state index contributed by atoms with van der Waals surface area (Å²) in [5.74, 6) is -0.754. The molecule has 2 unspecified atom stereocenters. The van der Waals surface area contributed by atoms with Crippen molar-refractivity contribution in [3.05, 3.63) is 65.6 Å². The fourth-order valence-electron chi connectivity index (χ4n) is 4.71. The van der Waals surface area contributed by atoms with E-state index in [4.69, 9.17) is 0 Å². The number of imide groups is 1. The van der Waals surface area contributed by atoms with Gasteiger partial charge in [0.1, 0.15) is 6.04 Å². The largest absolute Gasteiger partial charge is 0.356 e. The summed E-state index contributed by atoms with van der Waals surface area (Å²) in [6.07, 6.45) is 3.95. The van der Waals surface area contributed by atoms with Crippen LogP contribution in [0.15, 0.2) is 48.8 Å². The normalized spacial score (nSPS) is 21.2. The summed E-state index contributed by atoms with van der Waals surface area (Å²) in [6, 6.07) is 10.2. The number of urea groups is 1. The average Bonchev–Trinajstić information content (AvgIpc) is 3.26. The van der Waals surface area contributed by atoms with Crippen LogP contribution in [0.25, 0.3) is 10.9 Å². The molecular weight excluding hydrogens is 394 g/mol. The Morgan fingerprint density at radius 1 is 1.23 bits per heavy atom. The van der Waals surface area contributed by atoms with E-state index in [1.165, 1.54) is 0 Å². The summed E-state index contributed by atoms with van der Waals surface area (Å²) in [4.78, 5) is 49.6. The fraction of sp³-hybridized carbons (Fsp3) is 0.304. The van der Waals surface area contributed by atoms with Gasteiger partial charge in [-0.15, -0.1) is 0 Å². The highest BCUT2D eigenvalue weighted by atomic mass is 16.2. The molecule has 0 radical (unpaired) electrons. The van der Waals surface area contributed by atoms with Crippen molar-refractivity contribution in [2.75, 3.05) is 6.54 Å². The molecule has 2 atom stereocenters. The van der Waals surface area contributed by atoms with Gasteiger partial charge < -0.3 is 15.2 Å². The third-order valence-electron chi connectivity index (χ3n) is 6.48. The van der Waals surface area contributed by atoms with Crippen LogP contribution in [0, 0.1) is 0 Å². The van der Waals surface area contributed by atoms with Crippen molar-refractivity contribution >= 4 is 28.7 Å². The minimum Gasteiger partial charge on any atom is -0.356 e. The minimum atomic E-state index is -1.15. The van der Waals surface area contributed by atoms with Crippen molar-refractivity contribution in [3.63, 3.8) is 0 Å². The maximum atomic E-state index is 13.6. The Balaban J connectivity index is 1.44. The molecule has 2 aliphatic heterocycles. The first-order valence-electron chi connectivity index (χ1n) is 10.3. The smallest absolute Gasteiger partial charge is 0.328 e. The number of nitrogens with one attached hydrogen (secondary N) is 2. The van der Waals surface area contributed by atoms with E-state index in [1.807, 2.05) is 24.3 Å². The molecule has 0 saturated carbocycles. The third kappa shape index (κ3) is 2.74. The van der Waals surface area contributed by atoms with Crippen LogP contribution in [0.1, 0.15) is 30.7 Å². The quantitative estimate of drug-likeness (QED) is 0.637. The number of carbonyl (C=O) groups excluding carboxylic acids is 3. The number of nitrogens with zero attached hydrogens (tertiary/aromatic N) is 3. The Morgan fingerprint density at radius 3 is 2.74 bits per heavy atom. The molecule has 8 nitrogen and oxygen atoms in total. The summed E-state index contributed by atoms with van der Waals surface area (Å²) in [5, 5.41) is 3.88. The van der Waals surface area contributed by atoms with Crippen LogP contribution in [0.5, 0.6) is 0 Å². The standard InChI is InChI=1S/C23H23N5O3/c1-14(20(29)25-13-15-7-10-24-11-8-15)28-21(30)23(2)19-17(9-12-27(23)22(28)31)16-5-3-4-6-18(16)26-19/h3-8,10-11,14,26H,9,12-13H2,1-2H3,(H,25,29). The van der Waals surface area contributed by atoms with Crippen LogP contribution in [-0.4, -0.2) is 50.2 Å². The molecule has 2 N–H and O–H groups in total. The highest BCUT2D eigenvalue weighted by Gasteiger charge is 2.60. The lowest BCUT2D eigenvalue weighted by Gasteiger charge is -2.36. The zero-order valence-electron chi connectivity index (χ0n) is 17.4. The first-order valence-corrected chi connectivity index (χ1v) is 10.3. The van der Waals surface area contributed by atoms with Crippen molar-refractivity contribution in [2.45, 2.75) is 38.4 Å². The zero-order chi connectivity index (χ0) is 21.8. The Kier molecular flexibility index (Phi) is 4.32. The van der Waals surface area contributed by atoms with Gasteiger partial charge >= 0.3 is 6.03 Å². The van der Waals surface area contributed by atoms with Gasteiger partial charge in [0.2, 0.25) is 5.91 Å². The lowest BCUT2D eigenvalue weighted by molar-refractivity contribution is -0.139. The first kappa shape index (κ1) is 19.3. The summed E-state index contributed by atoms with van der Waals surface area (Å²) in [5.41, 5.74) is 2.49. The van der Waals surface area contributed by atoms with Crippen LogP contribution in [0.4, 0.5) is 4.79 Å². The maximum absolute atomic E-state index is 13.6. The molecule has 158 valence electrons. The second-order valence-electron chi connectivity index (χ2n) is 8.20. The predicted octanol–water partition coefficient (Wildman–Crippen LogP) is 2.30. The molecule has 2 aliphatic rings. The van der Waals surface area contributed by atoms with Crippen LogP contribution in [0.3, 0.4) is 0 Å². The Hall–Kier alpha value is -3.68. The van der Waals surface area contributed by atoms with Crippen molar-refractivity contribution in [2.24, 2.45) is 0 Å². The highest BCUT2D eigenvalue weighted by Crippen LogP contribution is 2.44. The van der Waals surface area contributed by atoms with Gasteiger partial charge in [0.05, 0.1) is 5.69 Å². The molecule has 1 fully saturated rings. The SMILES string of the molecule is CC(C(=O)NCc1ccncc1)N1C(=O)N2CCc3c([nH]c4ccccc34)C2(C)C1=O. The van der Waals surface area contributed by atoms with E-state index in [9.17, 15) is 14.4 Å². The van der Waals surface area contributed by atoms with E-state index >= 15 is 0 Å². The summed E-state index contributed by atoms with van der Waals surface area (Å²) in [7, 11) is 0. The Morgan fingerprint density at radius 2 is 1.97 bits per heavy atom. The summed E-state index contributed by atoms with van der Waals surface area (Å²) >= 11 is 0. The van der Waals surface area contributed by atoms with E-state index in [0.29, 0.717) is 19.5 Å². The molecule has 4 amide bonds. The number of H-pyrrole nitrogens is 1. The van der Waals surface area contributed by atoms with E-state index in [1.54, 1.807) is 43.3 Å². The van der Waals surface area contributed by atoms with Crippen molar-refractivity contribution < 1.29 is 14.4 Å². The van der Waals surface area contributed by atoms with E-state index in [-0.39, 0.29) is 11.8 Å². The predicted molar refractivity (Wildman–Crippen MR) is 114 cm³/mol. The molecule has 4 heterocycles. The number of aromatic amines is 1. The molecular formula is C23H23N5O3. The first-order chi connectivity index (χ1) is 14.9. The van der Waals surface area contributed by atoms with Crippen LogP contribution >= 0.6 is 0 Å². The number of carbonyl (C=O) groups is 3. The topological polar surface area (TPSA) is 98.4 Å². The van der Waals surface area contributed by atoms with Gasteiger partial charge in [0.15, 0.2) is 5.54 Å². The van der Waals surface area contributed by atoms with E-state index < -0.39 is 17.6 Å². The molecule has 0 bridgehead atoms. The fourth-order valence-corrected chi connectivity index (χ4v) is 4.71. The number of hydrogen-bond donors (Lipinski definition) is 2. The number of rotatable bonds is 4. The van der Waals surface area contributed by atoms with Gasteiger partial charge in [-0.2, -0.15) is 0 Å². The van der Waals surface area contributed by atoms with Crippen LogP contribution < -0.4 is 5.32 Å². The van der Waals surface area contributed by atoms with E-state index in [2.05, 4.69) is 15.3 Å². The zero-order valence-corrected chi connectivity index (χ0v) is 17.4. The van der Waals surface area contributed by atoms with Gasteiger partial charge in [-0.3, -0.25) is 14.6 Å². The third-order valence-corrected chi connectivity index (χ3v) is 6.48. The minimum absolute atomic E-state index is 0.301. The Bertz CT molecular complexity index is 1200. The van der Waals surface area contributed by atoms with Crippen LogP contribution in [-0.2, 0) is 28.1 Å². The number of pyridine rings is 1. The number of amides is 4. The summed E-state index contributed by atoms with van der Waals surface area (Å²) in [6.45, 7) is 4.08. The Labute approximate surface area is 179 Å². The number of benzene rings is 1. The van der Waals surface area contributed by atoms with Crippen molar-refractivity contribution in [1.82, 2.24) is 25.1 Å². The van der Waals surface area contributed by atoms with Gasteiger partial charge in [0.25, 0.3) is 5.91 Å². The van der Waals surface area contributed by atoms with Crippen LogP contribution in [0.2, 0.25) is 0 Å². The lowest BCUT2D eigenvalue weighted by atomic mass is 9.87.